The van der Waals surface area contributed by atoms with Crippen LogP contribution in [0.15, 0.2) is 22.9 Å². The quantitative estimate of drug-likeness (QED) is 0.860. The van der Waals surface area contributed by atoms with E-state index in [0.29, 0.717) is 22.4 Å². The first-order chi connectivity index (χ1) is 9.00. The van der Waals surface area contributed by atoms with E-state index in [1.54, 1.807) is 18.3 Å². The number of hydrogen-bond donors (Lipinski definition) is 0. The minimum Gasteiger partial charge on any atom is -0.338 e. The molecule has 0 saturated heterocycles. The molecule has 2 rings (SSSR count). The number of carbonyl (C=O) groups excluding carboxylic acids is 1. The van der Waals surface area contributed by atoms with Crippen LogP contribution >= 0.6 is 11.6 Å². The number of halogens is 1. The molecule has 5 nitrogen and oxygen atoms in total. The number of Topliss-reactive ketones (excluding diaryl/α,β-unsaturated/α-hetero) is 1. The van der Waals surface area contributed by atoms with Crippen LogP contribution in [0.4, 0.5) is 0 Å². The Hall–Kier alpha value is -1.75. The van der Waals surface area contributed by atoms with Gasteiger partial charge in [0.15, 0.2) is 0 Å². The Morgan fingerprint density at radius 2 is 2.16 bits per heavy atom. The van der Waals surface area contributed by atoms with Crippen molar-refractivity contribution in [1.82, 2.24) is 15.1 Å². The number of nitrogens with zero attached hydrogens (tertiary/aromatic N) is 3. The molecule has 19 heavy (non-hydrogen) atoms. The minimum atomic E-state index is -0.399. The van der Waals surface area contributed by atoms with Crippen LogP contribution in [0.25, 0.3) is 11.5 Å². The van der Waals surface area contributed by atoms with E-state index in [1.807, 2.05) is 13.8 Å². The van der Waals surface area contributed by atoms with Gasteiger partial charge in [-0.15, -0.1) is 0 Å². The third-order valence-corrected chi connectivity index (χ3v) is 3.09. The monoisotopic (exact) mass is 279 g/mol. The lowest BCUT2D eigenvalue weighted by Crippen LogP contribution is -2.15. The Kier molecular flexibility index (Phi) is 3.95. The summed E-state index contributed by atoms with van der Waals surface area (Å²) in [6.07, 6.45) is 1.60. The third kappa shape index (κ3) is 2.81. The number of rotatable bonds is 4. The second-order valence-electron chi connectivity index (χ2n) is 4.62. The highest BCUT2D eigenvalue weighted by atomic mass is 35.5. The molecule has 2 aromatic rings. The summed E-state index contributed by atoms with van der Waals surface area (Å²) in [4.78, 5) is 20.0. The Bertz CT molecular complexity index is 595. The molecule has 1 atom stereocenters. The predicted molar refractivity (Wildman–Crippen MR) is 70.8 cm³/mol. The Labute approximate surface area is 116 Å². The highest BCUT2D eigenvalue weighted by molar-refractivity contribution is 6.32. The molecule has 1 unspecified atom stereocenters. The lowest BCUT2D eigenvalue weighted by Gasteiger charge is -2.12. The van der Waals surface area contributed by atoms with Crippen molar-refractivity contribution < 1.29 is 9.32 Å². The highest BCUT2D eigenvalue weighted by Gasteiger charge is 2.27. The van der Waals surface area contributed by atoms with Gasteiger partial charge in [0.1, 0.15) is 11.5 Å². The SMILES string of the molecule is CC(=O)C(c1nc(-c2ncccc2Cl)no1)C(C)C. The van der Waals surface area contributed by atoms with Crippen LogP contribution in [-0.4, -0.2) is 20.9 Å². The fourth-order valence-corrected chi connectivity index (χ4v) is 2.14. The first-order valence-electron chi connectivity index (χ1n) is 5.95. The molecule has 0 aliphatic carbocycles. The first-order valence-corrected chi connectivity index (χ1v) is 6.33. The van der Waals surface area contributed by atoms with Crippen molar-refractivity contribution >= 4 is 17.4 Å². The molecule has 0 aromatic carbocycles. The van der Waals surface area contributed by atoms with Crippen molar-refractivity contribution in [3.63, 3.8) is 0 Å². The van der Waals surface area contributed by atoms with Gasteiger partial charge in [-0.25, -0.2) is 0 Å². The summed E-state index contributed by atoms with van der Waals surface area (Å²) in [5.41, 5.74) is 0.449. The van der Waals surface area contributed by atoms with E-state index in [-0.39, 0.29) is 11.7 Å². The molecule has 0 spiro atoms. The number of pyridine rings is 1. The maximum atomic E-state index is 11.6. The summed E-state index contributed by atoms with van der Waals surface area (Å²) in [5.74, 6) is 0.290. The Morgan fingerprint density at radius 3 is 2.74 bits per heavy atom. The van der Waals surface area contributed by atoms with Crippen LogP contribution in [0.3, 0.4) is 0 Å². The van der Waals surface area contributed by atoms with E-state index in [9.17, 15) is 4.79 Å². The van der Waals surface area contributed by atoms with Crippen molar-refractivity contribution in [2.24, 2.45) is 5.92 Å². The maximum Gasteiger partial charge on any atom is 0.237 e. The normalized spacial score (nSPS) is 12.7. The molecule has 2 heterocycles. The zero-order valence-corrected chi connectivity index (χ0v) is 11.7. The van der Waals surface area contributed by atoms with Crippen molar-refractivity contribution in [3.8, 4) is 11.5 Å². The molecule has 0 bridgehead atoms. The van der Waals surface area contributed by atoms with Gasteiger partial charge in [-0.05, 0) is 25.0 Å². The van der Waals surface area contributed by atoms with Gasteiger partial charge < -0.3 is 4.52 Å². The zero-order valence-electron chi connectivity index (χ0n) is 10.9. The van der Waals surface area contributed by atoms with Crippen molar-refractivity contribution in [1.29, 1.82) is 0 Å². The maximum absolute atomic E-state index is 11.6. The second kappa shape index (κ2) is 5.48. The summed E-state index contributed by atoms with van der Waals surface area (Å²) >= 11 is 6.02. The van der Waals surface area contributed by atoms with E-state index >= 15 is 0 Å². The van der Waals surface area contributed by atoms with E-state index in [2.05, 4.69) is 15.1 Å². The van der Waals surface area contributed by atoms with Crippen LogP contribution in [0.5, 0.6) is 0 Å². The molecule has 6 heteroatoms. The summed E-state index contributed by atoms with van der Waals surface area (Å²) in [7, 11) is 0. The molecule has 0 saturated carbocycles. The average Bonchev–Trinajstić information content (AvgIpc) is 2.77. The van der Waals surface area contributed by atoms with Crippen molar-refractivity contribution in [3.05, 3.63) is 29.2 Å². The lowest BCUT2D eigenvalue weighted by molar-refractivity contribution is -0.119. The second-order valence-corrected chi connectivity index (χ2v) is 5.03. The van der Waals surface area contributed by atoms with Gasteiger partial charge in [-0.2, -0.15) is 4.98 Å². The van der Waals surface area contributed by atoms with Gasteiger partial charge in [-0.3, -0.25) is 9.78 Å². The molecule has 0 amide bonds. The molecular formula is C13H14ClN3O2. The largest absolute Gasteiger partial charge is 0.338 e. The lowest BCUT2D eigenvalue weighted by atomic mass is 9.92. The number of carbonyl (C=O) groups is 1. The summed E-state index contributed by atoms with van der Waals surface area (Å²) in [6.45, 7) is 5.38. The molecule has 0 radical (unpaired) electrons. The topological polar surface area (TPSA) is 68.9 Å². The number of aromatic nitrogens is 3. The average molecular weight is 280 g/mol. The molecule has 100 valence electrons. The molecular weight excluding hydrogens is 266 g/mol. The van der Waals surface area contributed by atoms with E-state index in [1.165, 1.54) is 6.92 Å². The zero-order chi connectivity index (χ0) is 14.0. The van der Waals surface area contributed by atoms with Crippen LogP contribution < -0.4 is 0 Å². The Morgan fingerprint density at radius 1 is 1.42 bits per heavy atom. The molecule has 0 aliphatic heterocycles. The fraction of sp³-hybridized carbons (Fsp3) is 0.385. The number of ketones is 1. The highest BCUT2D eigenvalue weighted by Crippen LogP contribution is 2.28. The molecule has 0 aliphatic rings. The number of hydrogen-bond acceptors (Lipinski definition) is 5. The summed E-state index contributed by atoms with van der Waals surface area (Å²) < 4.78 is 5.18. The fourth-order valence-electron chi connectivity index (χ4n) is 1.94. The smallest absolute Gasteiger partial charge is 0.237 e. The van der Waals surface area contributed by atoms with E-state index in [4.69, 9.17) is 16.1 Å². The van der Waals surface area contributed by atoms with Crippen LogP contribution in [0, 0.1) is 5.92 Å². The Balaban J connectivity index is 2.39. The third-order valence-electron chi connectivity index (χ3n) is 2.78. The van der Waals surface area contributed by atoms with Crippen molar-refractivity contribution in [2.75, 3.05) is 0 Å². The predicted octanol–water partition coefficient (Wildman–Crippen LogP) is 3.11. The van der Waals surface area contributed by atoms with Crippen molar-refractivity contribution in [2.45, 2.75) is 26.7 Å². The van der Waals surface area contributed by atoms with Gasteiger partial charge in [0.25, 0.3) is 0 Å². The van der Waals surface area contributed by atoms with E-state index in [0.717, 1.165) is 0 Å². The van der Waals surface area contributed by atoms with Crippen LogP contribution in [0.2, 0.25) is 5.02 Å². The standard InChI is InChI=1S/C13H14ClN3O2/c1-7(2)10(8(3)18)13-16-12(17-19-13)11-9(14)5-4-6-15-11/h4-7,10H,1-3H3. The van der Waals surface area contributed by atoms with Gasteiger partial charge in [0.05, 0.1) is 10.9 Å². The molecule has 0 N–H and O–H groups in total. The van der Waals surface area contributed by atoms with Gasteiger partial charge in [-0.1, -0.05) is 30.6 Å². The van der Waals surface area contributed by atoms with Gasteiger partial charge >= 0.3 is 0 Å². The molecule has 0 fully saturated rings. The first kappa shape index (κ1) is 13.7. The van der Waals surface area contributed by atoms with Gasteiger partial charge in [0.2, 0.25) is 11.7 Å². The van der Waals surface area contributed by atoms with Gasteiger partial charge in [0, 0.05) is 6.20 Å². The van der Waals surface area contributed by atoms with Crippen LogP contribution in [-0.2, 0) is 4.79 Å². The van der Waals surface area contributed by atoms with E-state index < -0.39 is 5.92 Å². The molecule has 2 aromatic heterocycles. The minimum absolute atomic E-state index is 0.00248. The van der Waals surface area contributed by atoms with Crippen LogP contribution in [0.1, 0.15) is 32.6 Å². The summed E-state index contributed by atoms with van der Waals surface area (Å²) in [5, 5.41) is 4.29. The summed E-state index contributed by atoms with van der Waals surface area (Å²) in [6, 6.07) is 3.42.